The standard InChI is InChI=1S/C107H74N2/c1-105(2)97-49-26-23-45-87(97)90-63-58-84(70-100(90)105)109(80-42-19-8-20-43-80)83-60-65-94-96(69-83)104(74-55-62-92-89-47-25-28-51-99(89)107(102(92)67-74,77-36-13-5-14-37-77)78-38-15-6-16-39-78)93-64-59-82(108(79-40-17-7-18-41-79)81-56-52-72(53-57-81)86-48-29-31-71-30-21-22-44-85(71)86)68-95(93)103(94)73-54-61-91-88-46-24-27-50-98(88)106(101(91)66-73,75-32-9-3-10-33-75)76-34-11-4-12-35-76/h3-70H,1-2H3. The Hall–Kier alpha value is -13.7. The second-order valence-electron chi connectivity index (χ2n) is 30.1. The van der Waals surface area contributed by atoms with Crippen molar-refractivity contribution in [1.82, 2.24) is 0 Å². The summed E-state index contributed by atoms with van der Waals surface area (Å²) in [5.41, 5.74) is 32.1. The van der Waals surface area contributed by atoms with Crippen LogP contribution >= 0.6 is 0 Å². The monoisotopic (exact) mass is 1390 g/mol. The average Bonchev–Trinajstić information content (AvgIpc) is 1.58. The highest BCUT2D eigenvalue weighted by atomic mass is 15.1. The van der Waals surface area contributed by atoms with Gasteiger partial charge in [0.1, 0.15) is 0 Å². The van der Waals surface area contributed by atoms with Crippen molar-refractivity contribution < 1.29 is 0 Å². The summed E-state index contributed by atoms with van der Waals surface area (Å²) in [4.78, 5) is 4.95. The molecule has 0 aliphatic heterocycles. The summed E-state index contributed by atoms with van der Waals surface area (Å²) in [5.74, 6) is 0. The third-order valence-corrected chi connectivity index (χ3v) is 24.2. The third-order valence-electron chi connectivity index (χ3n) is 24.2. The second kappa shape index (κ2) is 25.3. The Bertz CT molecular complexity index is 6520. The molecule has 0 amide bonds. The van der Waals surface area contributed by atoms with Gasteiger partial charge in [-0.25, -0.2) is 0 Å². The summed E-state index contributed by atoms with van der Waals surface area (Å²) in [6.07, 6.45) is 0. The summed E-state index contributed by atoms with van der Waals surface area (Å²) in [6.45, 7) is 4.77. The molecule has 0 saturated heterocycles. The summed E-state index contributed by atoms with van der Waals surface area (Å²) < 4.78 is 0. The Morgan fingerprint density at radius 3 is 0.991 bits per heavy atom. The Morgan fingerprint density at radius 1 is 0.183 bits per heavy atom. The van der Waals surface area contributed by atoms with Crippen LogP contribution in [0.5, 0.6) is 0 Å². The Morgan fingerprint density at radius 2 is 0.505 bits per heavy atom. The van der Waals surface area contributed by atoms with E-state index >= 15 is 0 Å². The maximum absolute atomic E-state index is 2.58. The van der Waals surface area contributed by atoms with Gasteiger partial charge >= 0.3 is 0 Å². The van der Waals surface area contributed by atoms with Gasteiger partial charge in [-0.15, -0.1) is 0 Å². The van der Waals surface area contributed by atoms with Crippen LogP contribution in [-0.4, -0.2) is 0 Å². The minimum Gasteiger partial charge on any atom is -0.310 e. The van der Waals surface area contributed by atoms with E-state index in [0.717, 1.165) is 77.9 Å². The van der Waals surface area contributed by atoms with Gasteiger partial charge in [-0.3, -0.25) is 0 Å². The minimum absolute atomic E-state index is 0.220. The van der Waals surface area contributed by atoms with Crippen LogP contribution in [0.25, 0.3) is 99.1 Å². The molecule has 21 rings (SSSR count). The summed E-state index contributed by atoms with van der Waals surface area (Å²) in [5, 5.41) is 7.04. The number of para-hydroxylation sites is 2. The molecule has 18 aromatic rings. The third kappa shape index (κ3) is 9.74. The number of hydrogen-bond donors (Lipinski definition) is 0. The first-order valence-electron chi connectivity index (χ1n) is 38.1. The van der Waals surface area contributed by atoms with Crippen LogP contribution in [0.15, 0.2) is 413 Å². The van der Waals surface area contributed by atoms with Gasteiger partial charge in [0.2, 0.25) is 0 Å². The average molecular weight is 1390 g/mol. The molecule has 0 radical (unpaired) electrons. The summed E-state index contributed by atoms with van der Waals surface area (Å²) >= 11 is 0. The predicted molar refractivity (Wildman–Crippen MR) is 457 cm³/mol. The van der Waals surface area contributed by atoms with E-state index in [1.807, 2.05) is 0 Å². The molecule has 0 aromatic heterocycles. The lowest BCUT2D eigenvalue weighted by Gasteiger charge is -2.34. The molecule has 0 spiro atoms. The SMILES string of the molecule is CC1(C)c2ccccc2-c2ccc(N(c3ccccc3)c3ccc4c(-c5ccc6c(c5)C(c5ccccc5)(c5ccccc5)c5ccccc5-6)c5cc(N(c6ccccc6)c6ccc(-c7cccc8ccccc78)cc6)ccc5c(-c5ccc6c(c5)C(c5ccccc5)(c5ccccc5)c5ccccc5-6)c4c3)cc21. The van der Waals surface area contributed by atoms with Gasteiger partial charge in [0.15, 0.2) is 0 Å². The number of hydrogen-bond acceptors (Lipinski definition) is 2. The van der Waals surface area contributed by atoms with Crippen molar-refractivity contribution >= 4 is 66.4 Å². The van der Waals surface area contributed by atoms with Crippen molar-refractivity contribution in [3.8, 4) is 66.8 Å². The normalized spacial score (nSPS) is 13.6. The molecule has 0 atom stereocenters. The minimum atomic E-state index is -0.648. The van der Waals surface area contributed by atoms with E-state index in [9.17, 15) is 0 Å². The number of benzene rings is 18. The Balaban J connectivity index is 0.881. The maximum Gasteiger partial charge on any atom is 0.0713 e. The van der Waals surface area contributed by atoms with Crippen molar-refractivity contribution in [3.05, 3.63) is 468 Å². The highest BCUT2D eigenvalue weighted by Gasteiger charge is 2.48. The molecule has 2 heteroatoms. The quantitative estimate of drug-likeness (QED) is 0.106. The van der Waals surface area contributed by atoms with Crippen LogP contribution in [0.1, 0.15) is 69.5 Å². The number of rotatable bonds is 13. The lowest BCUT2D eigenvalue weighted by Crippen LogP contribution is -2.28. The topological polar surface area (TPSA) is 6.48 Å². The van der Waals surface area contributed by atoms with Crippen molar-refractivity contribution in [2.24, 2.45) is 0 Å². The maximum atomic E-state index is 2.58. The van der Waals surface area contributed by atoms with E-state index in [1.165, 1.54) is 111 Å². The largest absolute Gasteiger partial charge is 0.310 e. The highest BCUT2D eigenvalue weighted by molar-refractivity contribution is 6.23. The molecular weight excluding hydrogens is 1310 g/mol. The fraction of sp³-hybridized carbons (Fsp3) is 0.0467. The van der Waals surface area contributed by atoms with Crippen molar-refractivity contribution in [3.63, 3.8) is 0 Å². The molecule has 2 nitrogen and oxygen atoms in total. The molecule has 18 aromatic carbocycles. The molecular formula is C107H74N2. The first-order chi connectivity index (χ1) is 53.8. The van der Waals surface area contributed by atoms with E-state index in [1.54, 1.807) is 0 Å². The fourth-order valence-corrected chi connectivity index (χ4v) is 19.5. The van der Waals surface area contributed by atoms with E-state index < -0.39 is 10.8 Å². The molecule has 0 fully saturated rings. The molecule has 3 aliphatic rings. The zero-order valence-corrected chi connectivity index (χ0v) is 60.7. The molecule has 3 aliphatic carbocycles. The van der Waals surface area contributed by atoms with Crippen LogP contribution in [-0.2, 0) is 16.2 Å². The van der Waals surface area contributed by atoms with Gasteiger partial charge in [0, 0.05) is 39.5 Å². The Labute approximate surface area is 637 Å². The van der Waals surface area contributed by atoms with Gasteiger partial charge in [-0.1, -0.05) is 341 Å². The predicted octanol–water partition coefficient (Wildman–Crippen LogP) is 28.1. The van der Waals surface area contributed by atoms with Crippen LogP contribution < -0.4 is 9.80 Å². The molecule has 0 saturated carbocycles. The molecule has 0 heterocycles. The summed E-state index contributed by atoms with van der Waals surface area (Å²) in [6, 6.07) is 156. The summed E-state index contributed by atoms with van der Waals surface area (Å²) in [7, 11) is 0. The van der Waals surface area contributed by atoms with Gasteiger partial charge in [0.25, 0.3) is 0 Å². The van der Waals surface area contributed by atoms with Gasteiger partial charge in [0.05, 0.1) is 10.8 Å². The molecule has 0 N–H and O–H groups in total. The second-order valence-corrected chi connectivity index (χ2v) is 30.1. The van der Waals surface area contributed by atoms with E-state index in [0.29, 0.717) is 0 Å². The van der Waals surface area contributed by atoms with Crippen LogP contribution in [0.2, 0.25) is 0 Å². The smallest absolute Gasteiger partial charge is 0.0713 e. The lowest BCUT2D eigenvalue weighted by atomic mass is 9.67. The van der Waals surface area contributed by atoms with Crippen LogP contribution in [0.3, 0.4) is 0 Å². The lowest BCUT2D eigenvalue weighted by molar-refractivity contribution is 0.660. The highest BCUT2D eigenvalue weighted by Crippen LogP contribution is 2.61. The number of anilines is 6. The van der Waals surface area contributed by atoms with Crippen molar-refractivity contribution in [2.45, 2.75) is 30.1 Å². The number of fused-ring (bicyclic) bond motifs is 12. The fourth-order valence-electron chi connectivity index (χ4n) is 19.5. The van der Waals surface area contributed by atoms with E-state index in [2.05, 4.69) is 436 Å². The van der Waals surface area contributed by atoms with E-state index in [4.69, 9.17) is 0 Å². The first-order valence-corrected chi connectivity index (χ1v) is 38.1. The van der Waals surface area contributed by atoms with Gasteiger partial charge in [-0.05, 0) is 240 Å². The Kier molecular flexibility index (Phi) is 14.8. The molecule has 0 bridgehead atoms. The van der Waals surface area contributed by atoms with E-state index in [-0.39, 0.29) is 5.41 Å². The molecule has 109 heavy (non-hydrogen) atoms. The van der Waals surface area contributed by atoms with Crippen molar-refractivity contribution in [2.75, 3.05) is 9.80 Å². The van der Waals surface area contributed by atoms with Gasteiger partial charge in [-0.2, -0.15) is 0 Å². The first kappa shape index (κ1) is 63.8. The zero-order chi connectivity index (χ0) is 72.4. The number of nitrogens with zero attached hydrogens (tertiary/aromatic N) is 2. The van der Waals surface area contributed by atoms with Crippen LogP contribution in [0.4, 0.5) is 34.1 Å². The molecule has 512 valence electrons. The molecule has 0 unspecified atom stereocenters. The zero-order valence-electron chi connectivity index (χ0n) is 60.7. The van der Waals surface area contributed by atoms with Crippen LogP contribution in [0, 0.1) is 0 Å². The van der Waals surface area contributed by atoms with Crippen molar-refractivity contribution in [1.29, 1.82) is 0 Å². The van der Waals surface area contributed by atoms with Gasteiger partial charge < -0.3 is 9.80 Å².